The number of likely N-dealkylation sites (N-methyl/N-ethyl adjacent to an activating group) is 1. The highest BCUT2D eigenvalue weighted by atomic mass is 127. The maximum absolute atomic E-state index is 9.01. The van der Waals surface area contributed by atoms with Crippen molar-refractivity contribution in [3.63, 3.8) is 0 Å². The van der Waals surface area contributed by atoms with Gasteiger partial charge in [0, 0.05) is 48.5 Å². The SMILES string of the molecule is CN1CCN(I)CCC1CO. The molecular weight excluding hydrogens is 255 g/mol. The summed E-state index contributed by atoms with van der Waals surface area (Å²) >= 11 is 2.34. The third kappa shape index (κ3) is 2.85. The fourth-order valence-corrected chi connectivity index (χ4v) is 1.80. The van der Waals surface area contributed by atoms with Crippen LogP contribution in [0.4, 0.5) is 0 Å². The molecule has 0 aromatic heterocycles. The standard InChI is InChI=1S/C7H15IN2O/c1-9-4-5-10(8)3-2-7(9)6-11/h7,11H,2-6H2,1H3. The largest absolute Gasteiger partial charge is 0.395 e. The molecule has 0 aromatic rings. The maximum atomic E-state index is 9.01. The summed E-state index contributed by atoms with van der Waals surface area (Å²) in [5.74, 6) is 0. The number of hydrogen-bond acceptors (Lipinski definition) is 3. The lowest BCUT2D eigenvalue weighted by Crippen LogP contribution is -2.35. The highest BCUT2D eigenvalue weighted by molar-refractivity contribution is 14.1. The van der Waals surface area contributed by atoms with Crippen LogP contribution >= 0.6 is 22.9 Å². The molecule has 0 saturated carbocycles. The van der Waals surface area contributed by atoms with Crippen LogP contribution in [0.1, 0.15) is 6.42 Å². The second kappa shape index (κ2) is 4.59. The van der Waals surface area contributed by atoms with Gasteiger partial charge in [-0.3, -0.25) is 4.90 Å². The zero-order valence-corrected chi connectivity index (χ0v) is 8.99. The van der Waals surface area contributed by atoms with E-state index in [1.54, 1.807) is 0 Å². The second-order valence-electron chi connectivity index (χ2n) is 3.02. The number of aliphatic hydroxyl groups excluding tert-OH is 1. The Hall–Kier alpha value is 0.610. The third-order valence-corrected chi connectivity index (χ3v) is 3.20. The predicted octanol–water partition coefficient (Wildman–Crippen LogP) is 0.335. The summed E-state index contributed by atoms with van der Waals surface area (Å²) in [5, 5.41) is 9.01. The lowest BCUT2D eigenvalue weighted by Gasteiger charge is -2.22. The maximum Gasteiger partial charge on any atom is 0.0587 e. The number of nitrogens with zero attached hydrogens (tertiary/aromatic N) is 2. The first-order valence-corrected chi connectivity index (χ1v) is 4.92. The molecule has 0 bridgehead atoms. The van der Waals surface area contributed by atoms with Crippen LogP contribution in [-0.2, 0) is 0 Å². The molecule has 1 unspecified atom stereocenters. The van der Waals surface area contributed by atoms with Gasteiger partial charge in [-0.25, -0.2) is 3.11 Å². The Kier molecular flexibility index (Phi) is 4.05. The van der Waals surface area contributed by atoms with Crippen molar-refractivity contribution in [1.82, 2.24) is 8.01 Å². The minimum absolute atomic E-state index is 0.293. The van der Waals surface area contributed by atoms with E-state index in [1.165, 1.54) is 0 Å². The molecule has 1 heterocycles. The Labute approximate surface area is 81.9 Å². The average molecular weight is 270 g/mol. The Bertz CT molecular complexity index is 123. The van der Waals surface area contributed by atoms with Crippen LogP contribution < -0.4 is 0 Å². The van der Waals surface area contributed by atoms with Gasteiger partial charge in [0.1, 0.15) is 0 Å². The van der Waals surface area contributed by atoms with Crippen LogP contribution in [0.15, 0.2) is 0 Å². The Morgan fingerprint density at radius 3 is 2.82 bits per heavy atom. The summed E-state index contributed by atoms with van der Waals surface area (Å²) in [5.41, 5.74) is 0. The molecule has 1 saturated heterocycles. The molecule has 4 heteroatoms. The van der Waals surface area contributed by atoms with Crippen molar-refractivity contribution in [2.75, 3.05) is 33.3 Å². The van der Waals surface area contributed by atoms with Gasteiger partial charge >= 0.3 is 0 Å². The van der Waals surface area contributed by atoms with E-state index in [9.17, 15) is 0 Å². The van der Waals surface area contributed by atoms with Crippen molar-refractivity contribution < 1.29 is 5.11 Å². The van der Waals surface area contributed by atoms with Gasteiger partial charge < -0.3 is 5.11 Å². The van der Waals surface area contributed by atoms with Crippen LogP contribution in [0.2, 0.25) is 0 Å². The zero-order valence-electron chi connectivity index (χ0n) is 6.83. The topological polar surface area (TPSA) is 26.7 Å². The first-order chi connectivity index (χ1) is 5.24. The lowest BCUT2D eigenvalue weighted by molar-refractivity contribution is 0.152. The van der Waals surface area contributed by atoms with Gasteiger partial charge in [0.15, 0.2) is 0 Å². The molecule has 1 aliphatic heterocycles. The van der Waals surface area contributed by atoms with E-state index >= 15 is 0 Å². The van der Waals surface area contributed by atoms with E-state index in [-0.39, 0.29) is 0 Å². The Balaban J connectivity index is 2.41. The number of rotatable bonds is 1. The van der Waals surface area contributed by atoms with Crippen LogP contribution in [0.25, 0.3) is 0 Å². The fourth-order valence-electron chi connectivity index (χ4n) is 1.30. The summed E-state index contributed by atoms with van der Waals surface area (Å²) in [6.07, 6.45) is 1.08. The van der Waals surface area contributed by atoms with E-state index in [0.717, 1.165) is 26.1 Å². The van der Waals surface area contributed by atoms with Crippen LogP contribution in [0, 0.1) is 0 Å². The van der Waals surface area contributed by atoms with Crippen molar-refractivity contribution in [3.05, 3.63) is 0 Å². The summed E-state index contributed by atoms with van der Waals surface area (Å²) in [4.78, 5) is 2.23. The van der Waals surface area contributed by atoms with Crippen LogP contribution in [0.3, 0.4) is 0 Å². The Morgan fingerprint density at radius 2 is 2.18 bits per heavy atom. The molecule has 3 nitrogen and oxygen atoms in total. The van der Waals surface area contributed by atoms with E-state index in [2.05, 4.69) is 37.9 Å². The molecular formula is C7H15IN2O. The highest BCUT2D eigenvalue weighted by Gasteiger charge is 2.18. The molecule has 0 aromatic carbocycles. The average Bonchev–Trinajstić information content (AvgIpc) is 2.15. The van der Waals surface area contributed by atoms with Gasteiger partial charge in [-0.15, -0.1) is 0 Å². The monoisotopic (exact) mass is 270 g/mol. The molecule has 0 aliphatic carbocycles. The normalized spacial score (nSPS) is 30.3. The third-order valence-electron chi connectivity index (χ3n) is 2.23. The fraction of sp³-hybridized carbons (Fsp3) is 1.00. The van der Waals surface area contributed by atoms with Crippen molar-refractivity contribution in [2.24, 2.45) is 0 Å². The summed E-state index contributed by atoms with van der Waals surface area (Å²) < 4.78 is 2.28. The molecule has 66 valence electrons. The zero-order chi connectivity index (χ0) is 8.27. The quantitative estimate of drug-likeness (QED) is 0.549. The smallest absolute Gasteiger partial charge is 0.0587 e. The van der Waals surface area contributed by atoms with Gasteiger partial charge in [-0.05, 0) is 13.5 Å². The van der Waals surface area contributed by atoms with Gasteiger partial charge in [0.25, 0.3) is 0 Å². The minimum Gasteiger partial charge on any atom is -0.395 e. The molecule has 1 fully saturated rings. The summed E-state index contributed by atoms with van der Waals surface area (Å²) in [6.45, 7) is 3.55. The highest BCUT2D eigenvalue weighted by Crippen LogP contribution is 2.11. The van der Waals surface area contributed by atoms with Crippen molar-refractivity contribution in [3.8, 4) is 0 Å². The van der Waals surface area contributed by atoms with Gasteiger partial charge in [-0.1, -0.05) is 0 Å². The molecule has 11 heavy (non-hydrogen) atoms. The summed E-state index contributed by atoms with van der Waals surface area (Å²) in [7, 11) is 2.08. The van der Waals surface area contributed by atoms with Gasteiger partial charge in [0.05, 0.1) is 6.61 Å². The van der Waals surface area contributed by atoms with E-state index in [0.29, 0.717) is 12.6 Å². The molecule has 0 amide bonds. The number of aliphatic hydroxyl groups is 1. The van der Waals surface area contributed by atoms with Gasteiger partial charge in [-0.2, -0.15) is 0 Å². The number of hydrogen-bond donors (Lipinski definition) is 1. The number of halogens is 1. The van der Waals surface area contributed by atoms with E-state index in [4.69, 9.17) is 5.11 Å². The van der Waals surface area contributed by atoms with Crippen LogP contribution in [-0.4, -0.2) is 52.5 Å². The first-order valence-electron chi connectivity index (χ1n) is 3.96. The first kappa shape index (κ1) is 9.70. The molecule has 0 spiro atoms. The second-order valence-corrected chi connectivity index (χ2v) is 4.38. The van der Waals surface area contributed by atoms with E-state index in [1.807, 2.05) is 0 Å². The van der Waals surface area contributed by atoms with Crippen LogP contribution in [0.5, 0.6) is 0 Å². The predicted molar refractivity (Wildman–Crippen MR) is 53.7 cm³/mol. The van der Waals surface area contributed by atoms with Gasteiger partial charge in [0.2, 0.25) is 0 Å². The molecule has 1 N–H and O–H groups in total. The molecule has 0 radical (unpaired) electrons. The van der Waals surface area contributed by atoms with Crippen molar-refractivity contribution in [1.29, 1.82) is 0 Å². The lowest BCUT2D eigenvalue weighted by atomic mass is 10.2. The van der Waals surface area contributed by atoms with Crippen molar-refractivity contribution >= 4 is 22.9 Å². The Morgan fingerprint density at radius 1 is 1.45 bits per heavy atom. The molecule has 1 rings (SSSR count). The minimum atomic E-state index is 0.293. The molecule has 1 atom stereocenters. The van der Waals surface area contributed by atoms with Crippen molar-refractivity contribution in [2.45, 2.75) is 12.5 Å². The van der Waals surface area contributed by atoms with E-state index < -0.39 is 0 Å². The summed E-state index contributed by atoms with van der Waals surface area (Å²) in [6, 6.07) is 0.370. The molecule has 1 aliphatic rings.